The molecule has 7 nitrogen and oxygen atoms in total. The van der Waals surface area contributed by atoms with Crippen LogP contribution >= 0.6 is 12.4 Å². The number of halogens is 1. The fourth-order valence-electron chi connectivity index (χ4n) is 3.80. The summed E-state index contributed by atoms with van der Waals surface area (Å²) >= 11 is 0. The Morgan fingerprint density at radius 2 is 1.97 bits per heavy atom. The Bertz CT molecular complexity index is 1050. The van der Waals surface area contributed by atoms with Crippen LogP contribution in [0.3, 0.4) is 0 Å². The summed E-state index contributed by atoms with van der Waals surface area (Å²) in [5.74, 6) is 0.344. The SMILES string of the molecule is COc1ccccc1C1CNCCN1C(=O)CCn1c(=O)oc2ccccc21.Cl. The predicted molar refractivity (Wildman–Crippen MR) is 113 cm³/mol. The molecule has 1 N–H and O–H groups in total. The summed E-state index contributed by atoms with van der Waals surface area (Å²) in [4.78, 5) is 27.1. The zero-order valence-corrected chi connectivity index (χ0v) is 17.0. The van der Waals surface area contributed by atoms with Crippen LogP contribution in [0.15, 0.2) is 57.7 Å². The number of benzene rings is 2. The van der Waals surface area contributed by atoms with Crippen LogP contribution in [0.25, 0.3) is 11.1 Å². The van der Waals surface area contributed by atoms with Gasteiger partial charge < -0.3 is 19.4 Å². The van der Waals surface area contributed by atoms with Crippen molar-refractivity contribution in [1.82, 2.24) is 14.8 Å². The van der Waals surface area contributed by atoms with Gasteiger partial charge in [0.2, 0.25) is 5.91 Å². The van der Waals surface area contributed by atoms with Gasteiger partial charge in [0.1, 0.15) is 5.75 Å². The van der Waals surface area contributed by atoms with Gasteiger partial charge in [-0.1, -0.05) is 30.3 Å². The average molecular weight is 418 g/mol. The van der Waals surface area contributed by atoms with Gasteiger partial charge in [-0.15, -0.1) is 12.4 Å². The molecule has 1 unspecified atom stereocenters. The summed E-state index contributed by atoms with van der Waals surface area (Å²) in [5, 5.41) is 3.35. The van der Waals surface area contributed by atoms with E-state index in [9.17, 15) is 9.59 Å². The van der Waals surface area contributed by atoms with Gasteiger partial charge in [0.25, 0.3) is 0 Å². The van der Waals surface area contributed by atoms with E-state index in [0.29, 0.717) is 24.2 Å². The maximum absolute atomic E-state index is 13.0. The fourth-order valence-corrected chi connectivity index (χ4v) is 3.80. The van der Waals surface area contributed by atoms with Crippen molar-refractivity contribution in [3.63, 3.8) is 0 Å². The number of nitrogens with one attached hydrogen (secondary N) is 1. The van der Waals surface area contributed by atoms with Crippen LogP contribution in [0, 0.1) is 0 Å². The molecule has 0 radical (unpaired) electrons. The Morgan fingerprint density at radius 1 is 1.21 bits per heavy atom. The van der Waals surface area contributed by atoms with Crippen molar-refractivity contribution >= 4 is 29.4 Å². The number of rotatable bonds is 5. The first kappa shape index (κ1) is 21.0. The Labute approximate surface area is 174 Å². The Kier molecular flexibility index (Phi) is 6.61. The Balaban J connectivity index is 0.00000240. The number of fused-ring (bicyclic) bond motifs is 1. The highest BCUT2D eigenvalue weighted by atomic mass is 35.5. The molecule has 1 atom stereocenters. The smallest absolute Gasteiger partial charge is 0.419 e. The third kappa shape index (κ3) is 4.16. The third-order valence-corrected chi connectivity index (χ3v) is 5.18. The first-order chi connectivity index (χ1) is 13.7. The molecule has 1 saturated heterocycles. The molecule has 2 heterocycles. The molecule has 2 aromatic carbocycles. The predicted octanol–water partition coefficient (Wildman–Crippen LogP) is 2.59. The van der Waals surface area contributed by atoms with E-state index in [1.54, 1.807) is 13.2 Å². The molecule has 0 spiro atoms. The lowest BCUT2D eigenvalue weighted by Crippen LogP contribution is -2.49. The van der Waals surface area contributed by atoms with E-state index >= 15 is 0 Å². The molecule has 3 aromatic rings. The summed E-state index contributed by atoms with van der Waals surface area (Å²) in [6, 6.07) is 14.9. The second-order valence-electron chi connectivity index (χ2n) is 6.79. The zero-order valence-electron chi connectivity index (χ0n) is 16.2. The van der Waals surface area contributed by atoms with E-state index in [0.717, 1.165) is 17.9 Å². The largest absolute Gasteiger partial charge is 0.496 e. The normalized spacial score (nSPS) is 16.4. The summed E-state index contributed by atoms with van der Waals surface area (Å²) in [6.07, 6.45) is 0.231. The van der Waals surface area contributed by atoms with E-state index in [1.807, 2.05) is 47.4 Å². The number of nitrogens with zero attached hydrogens (tertiary/aromatic N) is 2. The van der Waals surface area contributed by atoms with Crippen LogP contribution < -0.4 is 15.8 Å². The monoisotopic (exact) mass is 417 g/mol. The molecule has 1 fully saturated rings. The summed E-state index contributed by atoms with van der Waals surface area (Å²) in [5.41, 5.74) is 2.23. The Morgan fingerprint density at radius 3 is 2.79 bits per heavy atom. The van der Waals surface area contributed by atoms with Crippen molar-refractivity contribution in [3.8, 4) is 5.75 Å². The topological polar surface area (TPSA) is 76.7 Å². The van der Waals surface area contributed by atoms with Crippen molar-refractivity contribution in [2.45, 2.75) is 19.0 Å². The molecule has 0 bridgehead atoms. The van der Waals surface area contributed by atoms with E-state index in [-0.39, 0.29) is 37.3 Å². The molecule has 154 valence electrons. The minimum Gasteiger partial charge on any atom is -0.496 e. The van der Waals surface area contributed by atoms with Crippen molar-refractivity contribution in [3.05, 3.63) is 64.6 Å². The first-order valence-corrected chi connectivity index (χ1v) is 9.40. The fraction of sp³-hybridized carbons (Fsp3) is 0.333. The number of amides is 1. The molecule has 4 rings (SSSR count). The zero-order chi connectivity index (χ0) is 19.5. The molecule has 29 heavy (non-hydrogen) atoms. The van der Waals surface area contributed by atoms with E-state index in [4.69, 9.17) is 9.15 Å². The van der Waals surface area contributed by atoms with Crippen LogP contribution in [0.4, 0.5) is 0 Å². The molecule has 1 amide bonds. The van der Waals surface area contributed by atoms with Gasteiger partial charge in [0, 0.05) is 38.2 Å². The third-order valence-electron chi connectivity index (χ3n) is 5.18. The van der Waals surface area contributed by atoms with E-state index in [1.165, 1.54) is 4.57 Å². The minimum atomic E-state index is -0.435. The highest BCUT2D eigenvalue weighted by Gasteiger charge is 2.29. The minimum absolute atomic E-state index is 0. The number of aryl methyl sites for hydroxylation is 1. The lowest BCUT2D eigenvalue weighted by atomic mass is 10.0. The number of methoxy groups -OCH3 is 1. The van der Waals surface area contributed by atoms with Gasteiger partial charge in [0.15, 0.2) is 5.58 Å². The molecule has 1 aliphatic heterocycles. The second-order valence-corrected chi connectivity index (χ2v) is 6.79. The average Bonchev–Trinajstić information content (AvgIpc) is 3.07. The highest BCUT2D eigenvalue weighted by Crippen LogP contribution is 2.30. The second kappa shape index (κ2) is 9.15. The quantitative estimate of drug-likeness (QED) is 0.690. The molecule has 1 aromatic heterocycles. The molecule has 1 aliphatic rings. The molecule has 0 saturated carbocycles. The highest BCUT2D eigenvalue weighted by molar-refractivity contribution is 5.85. The van der Waals surface area contributed by atoms with Crippen LogP contribution in [0.1, 0.15) is 18.0 Å². The van der Waals surface area contributed by atoms with Crippen LogP contribution in [0.5, 0.6) is 5.75 Å². The van der Waals surface area contributed by atoms with Gasteiger partial charge in [-0.3, -0.25) is 9.36 Å². The maximum atomic E-state index is 13.0. The van der Waals surface area contributed by atoms with Gasteiger partial charge >= 0.3 is 5.76 Å². The number of aromatic nitrogens is 1. The van der Waals surface area contributed by atoms with Gasteiger partial charge in [-0.25, -0.2) is 4.79 Å². The number of para-hydroxylation sites is 3. The molecular formula is C21H24ClN3O4. The van der Waals surface area contributed by atoms with Crippen molar-refractivity contribution < 1.29 is 13.9 Å². The lowest BCUT2D eigenvalue weighted by Gasteiger charge is -2.37. The summed E-state index contributed by atoms with van der Waals surface area (Å²) in [6.45, 7) is 2.31. The van der Waals surface area contributed by atoms with Crippen LogP contribution in [-0.2, 0) is 11.3 Å². The number of carbonyl (C=O) groups excluding carboxylic acids is 1. The van der Waals surface area contributed by atoms with Crippen LogP contribution in [0.2, 0.25) is 0 Å². The van der Waals surface area contributed by atoms with E-state index in [2.05, 4.69) is 5.32 Å². The van der Waals surface area contributed by atoms with Gasteiger partial charge in [-0.05, 0) is 18.2 Å². The Hall–Kier alpha value is -2.77. The number of hydrogen-bond acceptors (Lipinski definition) is 5. The molecular weight excluding hydrogens is 394 g/mol. The maximum Gasteiger partial charge on any atom is 0.419 e. The van der Waals surface area contributed by atoms with E-state index < -0.39 is 5.76 Å². The summed E-state index contributed by atoms with van der Waals surface area (Å²) < 4.78 is 12.3. The molecule has 8 heteroatoms. The molecule has 0 aliphatic carbocycles. The van der Waals surface area contributed by atoms with Gasteiger partial charge in [-0.2, -0.15) is 0 Å². The number of oxazole rings is 1. The standard InChI is InChI=1S/C21H23N3O4.ClH/c1-27-18-8-4-2-6-15(18)17-14-22-11-13-23(17)20(25)10-12-24-16-7-3-5-9-19(16)28-21(24)26;/h2-9,17,22H,10-14H2,1H3;1H. The van der Waals surface area contributed by atoms with Crippen molar-refractivity contribution in [2.75, 3.05) is 26.7 Å². The van der Waals surface area contributed by atoms with Crippen molar-refractivity contribution in [2.24, 2.45) is 0 Å². The number of piperazine rings is 1. The van der Waals surface area contributed by atoms with Gasteiger partial charge in [0.05, 0.1) is 18.7 Å². The first-order valence-electron chi connectivity index (χ1n) is 9.40. The summed E-state index contributed by atoms with van der Waals surface area (Å²) in [7, 11) is 1.64. The number of hydrogen-bond donors (Lipinski definition) is 1. The van der Waals surface area contributed by atoms with Crippen molar-refractivity contribution in [1.29, 1.82) is 0 Å². The number of carbonyl (C=O) groups is 1. The number of ether oxygens (including phenoxy) is 1. The lowest BCUT2D eigenvalue weighted by molar-refractivity contribution is -0.134. The van der Waals surface area contributed by atoms with Crippen LogP contribution in [-0.4, -0.2) is 42.1 Å².